The van der Waals surface area contributed by atoms with Crippen LogP contribution in [-0.4, -0.2) is 48.1 Å². The highest BCUT2D eigenvalue weighted by atomic mass is 19.3. The maximum Gasteiger partial charge on any atom is 0.321 e. The molecule has 1 aromatic rings. The smallest absolute Gasteiger partial charge is 0.321 e. The number of halogens is 2. The molecule has 1 saturated heterocycles. The number of anilines is 1. The second kappa shape index (κ2) is 6.80. The first-order valence-electron chi connectivity index (χ1n) is 7.11. The van der Waals surface area contributed by atoms with Crippen LogP contribution in [0.1, 0.15) is 13.3 Å². The molecule has 1 aliphatic rings. The highest BCUT2D eigenvalue weighted by Gasteiger charge is 2.42. The highest BCUT2D eigenvalue weighted by molar-refractivity contribution is 5.91. The fourth-order valence-corrected chi connectivity index (χ4v) is 2.35. The van der Waals surface area contributed by atoms with E-state index >= 15 is 0 Å². The van der Waals surface area contributed by atoms with Gasteiger partial charge in [-0.2, -0.15) is 0 Å². The summed E-state index contributed by atoms with van der Waals surface area (Å²) in [5.74, 6) is -0.810. The summed E-state index contributed by atoms with van der Waals surface area (Å²) >= 11 is 0. The number of nitrogens with one attached hydrogen (secondary N) is 1. The molecule has 1 heterocycles. The molecular weight excluding hydrogens is 310 g/mol. The molecule has 1 aliphatic heterocycles. The fourth-order valence-electron chi connectivity index (χ4n) is 2.35. The quantitative estimate of drug-likeness (QED) is 0.871. The van der Waals surface area contributed by atoms with Crippen LogP contribution in [0.5, 0.6) is 5.75 Å². The zero-order chi connectivity index (χ0) is 17.0. The van der Waals surface area contributed by atoms with Crippen molar-refractivity contribution in [3.05, 3.63) is 24.3 Å². The molecule has 6 nitrogen and oxygen atoms in total. The number of amides is 2. The number of urea groups is 1. The van der Waals surface area contributed by atoms with E-state index in [1.165, 1.54) is 17.0 Å². The van der Waals surface area contributed by atoms with Crippen LogP contribution in [0.2, 0.25) is 0 Å². The van der Waals surface area contributed by atoms with Crippen molar-refractivity contribution >= 4 is 17.7 Å². The van der Waals surface area contributed by atoms with Gasteiger partial charge in [-0.15, -0.1) is 0 Å². The van der Waals surface area contributed by atoms with Crippen molar-refractivity contribution in [1.82, 2.24) is 4.90 Å². The first-order valence-corrected chi connectivity index (χ1v) is 7.11. The Hall–Kier alpha value is -2.38. The van der Waals surface area contributed by atoms with Crippen molar-refractivity contribution < 1.29 is 28.2 Å². The van der Waals surface area contributed by atoms with Crippen LogP contribution in [0, 0.1) is 5.41 Å². The Labute approximate surface area is 132 Å². The Bertz CT molecular complexity index is 597. The highest BCUT2D eigenvalue weighted by Crippen LogP contribution is 2.31. The lowest BCUT2D eigenvalue weighted by Crippen LogP contribution is -2.37. The molecule has 0 bridgehead atoms. The molecule has 126 valence electrons. The number of nitrogens with zero attached hydrogens (tertiary/aromatic N) is 1. The molecule has 0 spiro atoms. The summed E-state index contributed by atoms with van der Waals surface area (Å²) in [7, 11) is 0. The van der Waals surface area contributed by atoms with Crippen LogP contribution in [0.4, 0.5) is 19.3 Å². The van der Waals surface area contributed by atoms with E-state index in [1.54, 1.807) is 19.1 Å². The Kier molecular flexibility index (Phi) is 5.02. The van der Waals surface area contributed by atoms with Gasteiger partial charge in [0, 0.05) is 13.1 Å². The van der Waals surface area contributed by atoms with Gasteiger partial charge in [0.25, 0.3) is 6.43 Å². The Morgan fingerprint density at radius 1 is 1.43 bits per heavy atom. The number of para-hydroxylation sites is 2. The van der Waals surface area contributed by atoms with E-state index in [4.69, 9.17) is 4.74 Å². The van der Waals surface area contributed by atoms with E-state index in [0.29, 0.717) is 13.0 Å². The predicted octanol–water partition coefficient (Wildman–Crippen LogP) is 2.66. The summed E-state index contributed by atoms with van der Waals surface area (Å²) in [6.45, 7) is 1.22. The lowest BCUT2D eigenvalue weighted by molar-refractivity contribution is -0.146. The van der Waals surface area contributed by atoms with Gasteiger partial charge in [0.1, 0.15) is 12.4 Å². The summed E-state index contributed by atoms with van der Waals surface area (Å²) in [5.41, 5.74) is -0.703. The van der Waals surface area contributed by atoms with Crippen molar-refractivity contribution in [2.24, 2.45) is 5.41 Å². The molecule has 0 aliphatic carbocycles. The maximum atomic E-state index is 12.2. The van der Waals surface area contributed by atoms with Gasteiger partial charge in [0.05, 0.1) is 11.1 Å². The Morgan fingerprint density at radius 2 is 2.13 bits per heavy atom. The van der Waals surface area contributed by atoms with Crippen molar-refractivity contribution in [1.29, 1.82) is 0 Å². The minimum atomic E-state index is -2.62. The SMILES string of the molecule is CC1(C(=O)O)CCN(C(=O)Nc2ccccc2OCC(F)F)C1. The summed E-state index contributed by atoms with van der Waals surface area (Å²) in [5, 5.41) is 11.8. The van der Waals surface area contributed by atoms with Crippen LogP contribution >= 0.6 is 0 Å². The van der Waals surface area contributed by atoms with Gasteiger partial charge in [-0.25, -0.2) is 13.6 Å². The average Bonchev–Trinajstić information content (AvgIpc) is 2.90. The second-order valence-electron chi connectivity index (χ2n) is 5.67. The molecule has 2 N–H and O–H groups in total. The Balaban J connectivity index is 2.02. The molecule has 23 heavy (non-hydrogen) atoms. The lowest BCUT2D eigenvalue weighted by Gasteiger charge is -2.21. The van der Waals surface area contributed by atoms with Gasteiger partial charge in [0.2, 0.25) is 0 Å². The van der Waals surface area contributed by atoms with E-state index in [9.17, 15) is 23.5 Å². The lowest BCUT2D eigenvalue weighted by atomic mass is 9.90. The normalized spacial score (nSPS) is 20.6. The molecule has 2 rings (SSSR count). The number of carboxylic acids is 1. The molecule has 1 unspecified atom stereocenters. The van der Waals surface area contributed by atoms with Gasteiger partial charge < -0.3 is 20.1 Å². The number of rotatable bonds is 5. The predicted molar refractivity (Wildman–Crippen MR) is 78.9 cm³/mol. The number of carbonyl (C=O) groups excluding carboxylic acids is 1. The van der Waals surface area contributed by atoms with Crippen molar-refractivity contribution in [3.8, 4) is 5.75 Å². The molecular formula is C15H18F2N2O4. The number of hydrogen-bond donors (Lipinski definition) is 2. The van der Waals surface area contributed by atoms with E-state index in [1.807, 2.05) is 0 Å². The molecule has 0 saturated carbocycles. The zero-order valence-electron chi connectivity index (χ0n) is 12.6. The summed E-state index contributed by atoms with van der Waals surface area (Å²) in [4.78, 5) is 24.8. The number of benzene rings is 1. The van der Waals surface area contributed by atoms with Crippen LogP contribution < -0.4 is 10.1 Å². The topological polar surface area (TPSA) is 78.9 Å². The number of ether oxygens (including phenoxy) is 1. The van der Waals surface area contributed by atoms with Crippen LogP contribution in [-0.2, 0) is 4.79 Å². The summed E-state index contributed by atoms with van der Waals surface area (Å²) < 4.78 is 29.5. The number of carbonyl (C=O) groups is 2. The van der Waals surface area contributed by atoms with E-state index in [0.717, 1.165) is 0 Å². The van der Waals surface area contributed by atoms with Crippen LogP contribution in [0.3, 0.4) is 0 Å². The zero-order valence-corrected chi connectivity index (χ0v) is 12.6. The van der Waals surface area contributed by atoms with Crippen LogP contribution in [0.15, 0.2) is 24.3 Å². The molecule has 0 radical (unpaired) electrons. The average molecular weight is 328 g/mol. The first kappa shape index (κ1) is 17.0. The largest absolute Gasteiger partial charge is 0.485 e. The summed E-state index contributed by atoms with van der Waals surface area (Å²) in [6, 6.07) is 5.77. The molecule has 0 aromatic heterocycles. The third kappa shape index (κ3) is 4.08. The van der Waals surface area contributed by atoms with Crippen molar-refractivity contribution in [2.75, 3.05) is 25.0 Å². The molecule has 1 aromatic carbocycles. The van der Waals surface area contributed by atoms with Crippen molar-refractivity contribution in [2.45, 2.75) is 19.8 Å². The fraction of sp³-hybridized carbons (Fsp3) is 0.467. The van der Waals surface area contributed by atoms with E-state index in [2.05, 4.69) is 5.32 Å². The first-order chi connectivity index (χ1) is 10.8. The number of carboxylic acid groups (broad SMARTS) is 1. The minimum absolute atomic E-state index is 0.0915. The van der Waals surface area contributed by atoms with Gasteiger partial charge in [-0.1, -0.05) is 12.1 Å². The number of alkyl halides is 2. The van der Waals surface area contributed by atoms with Gasteiger partial charge >= 0.3 is 12.0 Å². The van der Waals surface area contributed by atoms with Gasteiger partial charge in [-0.05, 0) is 25.5 Å². The number of likely N-dealkylation sites (tertiary alicyclic amines) is 1. The number of aliphatic carboxylic acids is 1. The monoisotopic (exact) mass is 328 g/mol. The molecule has 8 heteroatoms. The van der Waals surface area contributed by atoms with Crippen molar-refractivity contribution in [3.63, 3.8) is 0 Å². The van der Waals surface area contributed by atoms with Crippen LogP contribution in [0.25, 0.3) is 0 Å². The third-order valence-electron chi connectivity index (χ3n) is 3.77. The Morgan fingerprint density at radius 3 is 2.74 bits per heavy atom. The molecule has 2 amide bonds. The second-order valence-corrected chi connectivity index (χ2v) is 5.67. The summed E-state index contributed by atoms with van der Waals surface area (Å²) in [6.07, 6.45) is -2.26. The standard InChI is InChI=1S/C15H18F2N2O4/c1-15(13(20)21)6-7-19(9-15)14(22)18-10-4-2-3-5-11(10)23-8-12(16)17/h2-5,12H,6-9H2,1H3,(H,18,22)(H,20,21). The van der Waals surface area contributed by atoms with Gasteiger partial charge in [-0.3, -0.25) is 4.79 Å². The molecule has 1 atom stereocenters. The molecule has 1 fully saturated rings. The van der Waals surface area contributed by atoms with E-state index < -0.39 is 30.4 Å². The third-order valence-corrected chi connectivity index (χ3v) is 3.77. The maximum absolute atomic E-state index is 12.2. The van der Waals surface area contributed by atoms with Gasteiger partial charge in [0.15, 0.2) is 0 Å². The minimum Gasteiger partial charge on any atom is -0.485 e. The number of hydrogen-bond acceptors (Lipinski definition) is 3. The van der Waals surface area contributed by atoms with E-state index in [-0.39, 0.29) is 18.0 Å².